The number of hydrogen-bond acceptors (Lipinski definition) is 6. The molecule has 0 N–H and O–H groups in total. The molecule has 0 atom stereocenters. The molecule has 1 aliphatic heterocycles. The Morgan fingerprint density at radius 2 is 1.89 bits per heavy atom. The van der Waals surface area contributed by atoms with Gasteiger partial charge in [0, 0.05) is 44.0 Å². The predicted octanol–water partition coefficient (Wildman–Crippen LogP) is 4.58. The first-order chi connectivity index (χ1) is 17.3. The quantitative estimate of drug-likeness (QED) is 0.402. The maximum absolute atomic E-state index is 14.8. The molecule has 0 spiro atoms. The molecule has 1 saturated carbocycles. The fourth-order valence-corrected chi connectivity index (χ4v) is 6.61. The van der Waals surface area contributed by atoms with Crippen LogP contribution in [0, 0.1) is 11.7 Å². The zero-order valence-corrected chi connectivity index (χ0v) is 22.0. The van der Waals surface area contributed by atoms with Gasteiger partial charge in [0.05, 0.1) is 22.7 Å². The van der Waals surface area contributed by atoms with Crippen LogP contribution in [0.3, 0.4) is 0 Å². The lowest BCUT2D eigenvalue weighted by molar-refractivity contribution is 0.248. The summed E-state index contributed by atoms with van der Waals surface area (Å²) >= 11 is 6.48. The molecule has 2 fully saturated rings. The van der Waals surface area contributed by atoms with Gasteiger partial charge in [-0.05, 0) is 48.9 Å². The average Bonchev–Trinajstić information content (AvgIpc) is 3.54. The summed E-state index contributed by atoms with van der Waals surface area (Å²) in [4.78, 5) is 4.94. The van der Waals surface area contributed by atoms with Crippen LogP contribution < -0.4 is 4.90 Å². The second kappa shape index (κ2) is 10.5. The van der Waals surface area contributed by atoms with E-state index in [1.54, 1.807) is 13.1 Å². The molecule has 3 aromatic rings. The van der Waals surface area contributed by atoms with Crippen molar-refractivity contribution in [3.63, 3.8) is 0 Å². The van der Waals surface area contributed by atoms with Gasteiger partial charge in [0.25, 0.3) is 0 Å². The summed E-state index contributed by atoms with van der Waals surface area (Å²) in [7, 11) is -3.34. The van der Waals surface area contributed by atoms with E-state index in [2.05, 4.69) is 32.2 Å². The number of benzene rings is 2. The topological polar surface area (TPSA) is 71.3 Å². The van der Waals surface area contributed by atoms with E-state index in [1.165, 1.54) is 36.2 Å². The van der Waals surface area contributed by atoms with Crippen molar-refractivity contribution in [2.75, 3.05) is 43.4 Å². The number of halogens is 2. The van der Waals surface area contributed by atoms with E-state index in [0.29, 0.717) is 17.7 Å². The maximum Gasteiger partial charge on any atom is 0.154 e. The molecule has 10 heteroatoms. The molecular formula is C26H31ClFN5O2S. The Morgan fingerprint density at radius 1 is 1.11 bits per heavy atom. The predicted molar refractivity (Wildman–Crippen MR) is 141 cm³/mol. The third-order valence-corrected chi connectivity index (χ3v) is 9.06. The number of aromatic nitrogens is 3. The van der Waals surface area contributed by atoms with E-state index in [0.717, 1.165) is 43.3 Å². The van der Waals surface area contributed by atoms with Crippen LogP contribution in [0.1, 0.15) is 31.7 Å². The lowest BCUT2D eigenvalue weighted by atomic mass is 10.1. The van der Waals surface area contributed by atoms with E-state index in [9.17, 15) is 12.8 Å². The molecule has 0 amide bonds. The van der Waals surface area contributed by atoms with E-state index in [1.807, 2.05) is 12.1 Å². The standard InChI is InChI=1S/C26H31ClFN5O2S/c1-2-14-36(34,35)18-21-8-9-23(28)26(25(21)27)33-17-24(29-30-33)20-4-3-5-22(15-20)32-12-10-31(11-13-32)16-19-6-7-19/h3-5,8-9,15,17,19H,2,6-7,10-14,16,18H2,1H3. The molecule has 2 aromatic carbocycles. The van der Waals surface area contributed by atoms with E-state index >= 15 is 0 Å². The van der Waals surface area contributed by atoms with Crippen LogP contribution in [0.5, 0.6) is 0 Å². The van der Waals surface area contributed by atoms with E-state index < -0.39 is 15.7 Å². The van der Waals surface area contributed by atoms with Crippen LogP contribution in [0.2, 0.25) is 5.02 Å². The minimum atomic E-state index is -3.34. The van der Waals surface area contributed by atoms with Crippen LogP contribution >= 0.6 is 11.6 Å². The first-order valence-corrected chi connectivity index (χ1v) is 14.7. The van der Waals surface area contributed by atoms with Crippen LogP contribution in [-0.2, 0) is 15.6 Å². The highest BCUT2D eigenvalue weighted by Gasteiger charge is 2.26. The van der Waals surface area contributed by atoms with E-state index in [4.69, 9.17) is 11.6 Å². The monoisotopic (exact) mass is 531 g/mol. The summed E-state index contributed by atoms with van der Waals surface area (Å²) in [5.74, 6) is 0.119. The van der Waals surface area contributed by atoms with Crippen molar-refractivity contribution in [3.05, 3.63) is 59.0 Å². The number of piperazine rings is 1. The van der Waals surface area contributed by atoms with Crippen molar-refractivity contribution in [1.29, 1.82) is 0 Å². The van der Waals surface area contributed by atoms with Crippen LogP contribution in [-0.4, -0.2) is 66.8 Å². The molecule has 1 saturated heterocycles. The zero-order valence-electron chi connectivity index (χ0n) is 20.4. The molecule has 5 rings (SSSR count). The first kappa shape index (κ1) is 25.2. The molecule has 1 aromatic heterocycles. The van der Waals surface area contributed by atoms with Crippen LogP contribution in [0.4, 0.5) is 10.1 Å². The number of nitrogens with zero attached hydrogens (tertiary/aromatic N) is 5. The molecule has 0 unspecified atom stereocenters. The second-order valence-corrected chi connectivity index (χ2v) is 12.4. The van der Waals surface area contributed by atoms with E-state index in [-0.39, 0.29) is 22.2 Å². The highest BCUT2D eigenvalue weighted by molar-refractivity contribution is 7.90. The van der Waals surface area contributed by atoms with Gasteiger partial charge < -0.3 is 4.90 Å². The molecule has 0 bridgehead atoms. The Bertz CT molecular complexity index is 1330. The average molecular weight is 532 g/mol. The molecule has 36 heavy (non-hydrogen) atoms. The lowest BCUT2D eigenvalue weighted by Gasteiger charge is -2.36. The fourth-order valence-electron chi connectivity index (χ4n) is 4.75. The summed E-state index contributed by atoms with van der Waals surface area (Å²) in [6.07, 6.45) is 4.89. The third kappa shape index (κ3) is 5.74. The summed E-state index contributed by atoms with van der Waals surface area (Å²) in [5.41, 5.74) is 2.94. The molecule has 1 aliphatic carbocycles. The van der Waals surface area contributed by atoms with Crippen molar-refractivity contribution < 1.29 is 12.8 Å². The van der Waals surface area contributed by atoms with Crippen LogP contribution in [0.25, 0.3) is 16.9 Å². The number of sulfone groups is 1. The summed E-state index contributed by atoms with van der Waals surface area (Å²) < 4.78 is 40.7. The number of rotatable bonds is 9. The van der Waals surface area contributed by atoms with Gasteiger partial charge in [-0.25, -0.2) is 17.5 Å². The van der Waals surface area contributed by atoms with Crippen molar-refractivity contribution >= 4 is 27.1 Å². The molecule has 2 aliphatic rings. The van der Waals surface area contributed by atoms with Crippen molar-refractivity contribution in [2.24, 2.45) is 5.92 Å². The van der Waals surface area contributed by atoms with Gasteiger partial charge in [-0.3, -0.25) is 4.90 Å². The van der Waals surface area contributed by atoms with Gasteiger partial charge in [-0.1, -0.05) is 41.9 Å². The largest absolute Gasteiger partial charge is 0.369 e. The SMILES string of the molecule is CCCS(=O)(=O)Cc1ccc(F)c(-n2cc(-c3cccc(N4CCN(CC5CC5)CC4)c3)nn2)c1Cl. The van der Waals surface area contributed by atoms with Gasteiger partial charge >= 0.3 is 0 Å². The van der Waals surface area contributed by atoms with Gasteiger partial charge in [0.2, 0.25) is 0 Å². The fraction of sp³-hybridized carbons (Fsp3) is 0.462. The highest BCUT2D eigenvalue weighted by Crippen LogP contribution is 2.32. The van der Waals surface area contributed by atoms with Crippen molar-refractivity contribution in [2.45, 2.75) is 31.9 Å². The summed E-state index contributed by atoms with van der Waals surface area (Å²) in [5, 5.41) is 8.41. The normalized spacial score (nSPS) is 17.0. The van der Waals surface area contributed by atoms with Crippen molar-refractivity contribution in [3.8, 4) is 16.9 Å². The van der Waals surface area contributed by atoms with Crippen LogP contribution in [0.15, 0.2) is 42.6 Å². The smallest absolute Gasteiger partial charge is 0.154 e. The minimum absolute atomic E-state index is 0.00237. The summed E-state index contributed by atoms with van der Waals surface area (Å²) in [6, 6.07) is 10.8. The first-order valence-electron chi connectivity index (χ1n) is 12.5. The second-order valence-electron chi connectivity index (χ2n) is 9.79. The zero-order chi connectivity index (χ0) is 25.3. The Morgan fingerprint density at radius 3 is 2.61 bits per heavy atom. The van der Waals surface area contributed by atoms with Crippen molar-refractivity contribution in [1.82, 2.24) is 19.9 Å². The Labute approximate surface area is 216 Å². The highest BCUT2D eigenvalue weighted by atomic mass is 35.5. The molecule has 0 radical (unpaired) electrons. The Hall–Kier alpha value is -2.49. The Balaban J connectivity index is 1.35. The summed E-state index contributed by atoms with van der Waals surface area (Å²) in [6.45, 7) is 7.13. The van der Waals surface area contributed by atoms with Gasteiger partial charge in [0.1, 0.15) is 17.2 Å². The Kier molecular flexibility index (Phi) is 7.32. The molecule has 7 nitrogen and oxygen atoms in total. The molecule has 2 heterocycles. The minimum Gasteiger partial charge on any atom is -0.369 e. The molecular weight excluding hydrogens is 501 g/mol. The van der Waals surface area contributed by atoms with Gasteiger partial charge in [0.15, 0.2) is 9.84 Å². The number of anilines is 1. The van der Waals surface area contributed by atoms with Gasteiger partial charge in [-0.2, -0.15) is 0 Å². The number of hydrogen-bond donors (Lipinski definition) is 0. The van der Waals surface area contributed by atoms with Gasteiger partial charge in [-0.15, -0.1) is 5.10 Å². The lowest BCUT2D eigenvalue weighted by Crippen LogP contribution is -2.47. The maximum atomic E-state index is 14.8. The third-order valence-electron chi connectivity index (χ3n) is 6.85. The molecule has 192 valence electrons.